The number of hydrazine groups is 1. The molecule has 0 aliphatic rings. The molecule has 1 heterocycles. The summed E-state index contributed by atoms with van der Waals surface area (Å²) in [5, 5.41) is 0.581. The molecule has 0 atom stereocenters. The summed E-state index contributed by atoms with van der Waals surface area (Å²) in [5.41, 5.74) is 7.08. The second kappa shape index (κ2) is 8.53. The van der Waals surface area contributed by atoms with Gasteiger partial charge >= 0.3 is 5.97 Å². The van der Waals surface area contributed by atoms with Crippen LogP contribution in [-0.4, -0.2) is 29.9 Å². The highest BCUT2D eigenvalue weighted by Crippen LogP contribution is 2.20. The Morgan fingerprint density at radius 3 is 2.38 bits per heavy atom. The van der Waals surface area contributed by atoms with Gasteiger partial charge in [0.25, 0.3) is 5.91 Å². The van der Waals surface area contributed by atoms with Crippen LogP contribution in [0.5, 0.6) is 0 Å². The number of aromatic amines is 1. The molecule has 26 heavy (non-hydrogen) atoms. The van der Waals surface area contributed by atoms with E-state index >= 15 is 0 Å². The summed E-state index contributed by atoms with van der Waals surface area (Å²) in [6.45, 7) is 3.50. The van der Waals surface area contributed by atoms with Crippen molar-refractivity contribution in [2.45, 2.75) is 26.7 Å². The number of amides is 2. The molecule has 3 N–H and O–H groups in total. The summed E-state index contributed by atoms with van der Waals surface area (Å²) >= 11 is 5.80. The second-order valence-corrected chi connectivity index (χ2v) is 6.07. The predicted molar refractivity (Wildman–Crippen MR) is 97.0 cm³/mol. The maximum Gasteiger partial charge on any atom is 0.339 e. The zero-order chi connectivity index (χ0) is 19.3. The topological polar surface area (TPSA) is 100 Å². The summed E-state index contributed by atoms with van der Waals surface area (Å²) in [4.78, 5) is 39.1. The number of hydrogen-bond acceptors (Lipinski definition) is 4. The van der Waals surface area contributed by atoms with Gasteiger partial charge in [-0.05, 0) is 36.6 Å². The quantitative estimate of drug-likeness (QED) is 0.550. The molecule has 2 rings (SSSR count). The highest BCUT2D eigenvalue weighted by atomic mass is 35.5. The van der Waals surface area contributed by atoms with Crippen LogP contribution in [0.3, 0.4) is 0 Å². The maximum absolute atomic E-state index is 12.3. The summed E-state index contributed by atoms with van der Waals surface area (Å²) in [6, 6.07) is 6.83. The van der Waals surface area contributed by atoms with Crippen molar-refractivity contribution in [3.63, 3.8) is 0 Å². The third-order valence-corrected chi connectivity index (χ3v) is 4.14. The van der Waals surface area contributed by atoms with Crippen LogP contribution in [0, 0.1) is 6.92 Å². The van der Waals surface area contributed by atoms with Crippen LogP contribution < -0.4 is 10.9 Å². The fraction of sp³-hybridized carbons (Fsp3) is 0.278. The predicted octanol–water partition coefficient (Wildman–Crippen LogP) is 2.33. The molecule has 0 radical (unpaired) electrons. The molecule has 138 valence electrons. The van der Waals surface area contributed by atoms with Gasteiger partial charge in [-0.3, -0.25) is 20.4 Å². The lowest BCUT2D eigenvalue weighted by Gasteiger charge is -2.07. The van der Waals surface area contributed by atoms with E-state index in [-0.39, 0.29) is 18.0 Å². The number of ether oxygens (including phenoxy) is 1. The maximum atomic E-state index is 12.3. The average molecular weight is 378 g/mol. The molecule has 2 aromatic rings. The fourth-order valence-corrected chi connectivity index (χ4v) is 2.68. The van der Waals surface area contributed by atoms with E-state index in [1.165, 1.54) is 7.11 Å². The van der Waals surface area contributed by atoms with E-state index in [2.05, 4.69) is 15.8 Å². The van der Waals surface area contributed by atoms with E-state index in [1.807, 2.05) is 6.92 Å². The van der Waals surface area contributed by atoms with Gasteiger partial charge < -0.3 is 9.72 Å². The Bertz CT molecular complexity index is 828. The summed E-state index contributed by atoms with van der Waals surface area (Å²) < 4.78 is 4.76. The van der Waals surface area contributed by atoms with Crippen molar-refractivity contribution in [2.24, 2.45) is 0 Å². The molecule has 7 nitrogen and oxygen atoms in total. The molecule has 0 saturated heterocycles. The molecule has 0 aliphatic carbocycles. The van der Waals surface area contributed by atoms with Crippen LogP contribution in [0.2, 0.25) is 5.02 Å². The number of carbonyl (C=O) groups excluding carboxylic acids is 3. The molecule has 0 saturated carbocycles. The number of H-pyrrole nitrogens is 1. The van der Waals surface area contributed by atoms with Crippen molar-refractivity contribution in [3.8, 4) is 0 Å². The van der Waals surface area contributed by atoms with Crippen LogP contribution in [0.15, 0.2) is 24.3 Å². The highest BCUT2D eigenvalue weighted by Gasteiger charge is 2.23. The van der Waals surface area contributed by atoms with Gasteiger partial charge in [-0.25, -0.2) is 4.79 Å². The van der Waals surface area contributed by atoms with Gasteiger partial charge in [0.05, 0.1) is 19.1 Å². The summed E-state index contributed by atoms with van der Waals surface area (Å²) in [5.74, 6) is -1.44. The molecule has 2 amide bonds. The van der Waals surface area contributed by atoms with Gasteiger partial charge in [-0.15, -0.1) is 0 Å². The van der Waals surface area contributed by atoms with Crippen LogP contribution in [0.1, 0.15) is 44.6 Å². The zero-order valence-electron chi connectivity index (χ0n) is 14.7. The third kappa shape index (κ3) is 4.43. The van der Waals surface area contributed by atoms with Crippen molar-refractivity contribution in [1.82, 2.24) is 15.8 Å². The number of halogens is 1. The highest BCUT2D eigenvalue weighted by molar-refractivity contribution is 6.30. The van der Waals surface area contributed by atoms with Crippen molar-refractivity contribution in [2.75, 3.05) is 7.11 Å². The summed E-state index contributed by atoms with van der Waals surface area (Å²) in [7, 11) is 1.28. The lowest BCUT2D eigenvalue weighted by Crippen LogP contribution is -2.42. The van der Waals surface area contributed by atoms with E-state index in [1.54, 1.807) is 31.2 Å². The Hall–Kier alpha value is -2.80. The van der Waals surface area contributed by atoms with Gasteiger partial charge in [0.15, 0.2) is 0 Å². The van der Waals surface area contributed by atoms with Gasteiger partial charge in [0.2, 0.25) is 5.91 Å². The number of benzene rings is 1. The monoisotopic (exact) mass is 377 g/mol. The zero-order valence-corrected chi connectivity index (χ0v) is 15.5. The van der Waals surface area contributed by atoms with Gasteiger partial charge in [-0.2, -0.15) is 0 Å². The number of aromatic nitrogens is 1. The SMILES string of the molecule is CCc1[nH]c(C(=O)NNC(=O)Cc2ccc(Cl)cc2)c(C)c1C(=O)OC. The molecule has 1 aromatic heterocycles. The molecule has 0 spiro atoms. The smallest absolute Gasteiger partial charge is 0.339 e. The van der Waals surface area contributed by atoms with E-state index in [0.717, 1.165) is 5.56 Å². The van der Waals surface area contributed by atoms with Crippen molar-refractivity contribution >= 4 is 29.4 Å². The second-order valence-electron chi connectivity index (χ2n) is 5.63. The lowest BCUT2D eigenvalue weighted by atomic mass is 10.1. The first-order valence-corrected chi connectivity index (χ1v) is 8.38. The molecular formula is C18H20ClN3O4. The first-order chi connectivity index (χ1) is 12.4. The lowest BCUT2D eigenvalue weighted by molar-refractivity contribution is -0.121. The van der Waals surface area contributed by atoms with E-state index < -0.39 is 11.9 Å². The number of methoxy groups -OCH3 is 1. The minimum atomic E-state index is -0.545. The standard InChI is InChI=1S/C18H20ClN3O4/c1-4-13-15(18(25)26-3)10(2)16(20-13)17(24)22-21-14(23)9-11-5-7-12(19)8-6-11/h5-8,20H,4,9H2,1-3H3,(H,21,23)(H,22,24). The number of nitrogens with one attached hydrogen (secondary N) is 3. The Labute approximate surface area is 156 Å². The van der Waals surface area contributed by atoms with Crippen LogP contribution in [0.25, 0.3) is 0 Å². The Kier molecular flexibility index (Phi) is 6.41. The number of carbonyl (C=O) groups is 3. The van der Waals surface area contributed by atoms with Crippen molar-refractivity contribution in [3.05, 3.63) is 57.4 Å². The van der Waals surface area contributed by atoms with Crippen LogP contribution in [-0.2, 0) is 22.4 Å². The molecule has 0 aliphatic heterocycles. The van der Waals surface area contributed by atoms with Crippen molar-refractivity contribution in [1.29, 1.82) is 0 Å². The Morgan fingerprint density at radius 2 is 1.81 bits per heavy atom. The third-order valence-electron chi connectivity index (χ3n) is 3.89. The fourth-order valence-electron chi connectivity index (χ4n) is 2.55. The minimum Gasteiger partial charge on any atom is -0.465 e. The first-order valence-electron chi connectivity index (χ1n) is 8.00. The van der Waals surface area contributed by atoms with E-state index in [4.69, 9.17) is 16.3 Å². The molecule has 0 fully saturated rings. The number of aryl methyl sites for hydroxylation is 1. The first kappa shape index (κ1) is 19.5. The molecule has 1 aromatic carbocycles. The Morgan fingerprint density at radius 1 is 1.15 bits per heavy atom. The largest absolute Gasteiger partial charge is 0.465 e. The van der Waals surface area contributed by atoms with Gasteiger partial charge in [0.1, 0.15) is 5.69 Å². The number of rotatable bonds is 5. The molecule has 0 bridgehead atoms. The van der Waals surface area contributed by atoms with Gasteiger partial charge in [-0.1, -0.05) is 30.7 Å². The molecular weight excluding hydrogens is 358 g/mol. The normalized spacial score (nSPS) is 10.3. The van der Waals surface area contributed by atoms with Crippen LogP contribution >= 0.6 is 11.6 Å². The van der Waals surface area contributed by atoms with Crippen LogP contribution in [0.4, 0.5) is 0 Å². The van der Waals surface area contributed by atoms with E-state index in [9.17, 15) is 14.4 Å². The number of hydrogen-bond donors (Lipinski definition) is 3. The summed E-state index contributed by atoms with van der Waals surface area (Å²) in [6.07, 6.45) is 0.621. The van der Waals surface area contributed by atoms with E-state index in [0.29, 0.717) is 28.3 Å². The molecule has 0 unspecified atom stereocenters. The van der Waals surface area contributed by atoms with Crippen molar-refractivity contribution < 1.29 is 19.1 Å². The minimum absolute atomic E-state index is 0.0920. The average Bonchev–Trinajstić information content (AvgIpc) is 2.97. The Balaban J connectivity index is 2.03. The number of esters is 1. The van der Waals surface area contributed by atoms with Gasteiger partial charge in [0, 0.05) is 10.7 Å². The molecule has 8 heteroatoms.